The largest absolute Gasteiger partial charge is 0.373 e. The molecule has 172 valence electrons. The molecule has 4 nitrogen and oxygen atoms in total. The van der Waals surface area contributed by atoms with Crippen molar-refractivity contribution in [3.8, 4) is 0 Å². The summed E-state index contributed by atoms with van der Waals surface area (Å²) in [5.74, 6) is -0.0526. The normalized spacial score (nSPS) is 21.8. The third-order valence-electron chi connectivity index (χ3n) is 6.86. The van der Waals surface area contributed by atoms with Crippen molar-refractivity contribution in [2.24, 2.45) is 0 Å². The predicted molar refractivity (Wildman–Crippen MR) is 126 cm³/mol. The van der Waals surface area contributed by atoms with Gasteiger partial charge < -0.3 is 9.64 Å². The van der Waals surface area contributed by atoms with E-state index in [1.165, 1.54) is 18.9 Å². The minimum atomic E-state index is -0.240. The number of amides is 1. The molecule has 2 aromatic carbocycles. The van der Waals surface area contributed by atoms with Gasteiger partial charge >= 0.3 is 0 Å². The van der Waals surface area contributed by atoms with Gasteiger partial charge in [0.25, 0.3) is 0 Å². The fraction of sp³-hybridized carbons (Fsp3) is 0.500. The topological polar surface area (TPSA) is 32.8 Å². The number of nitrogens with zero attached hydrogens (tertiary/aromatic N) is 2. The fourth-order valence-electron chi connectivity index (χ4n) is 4.93. The summed E-state index contributed by atoms with van der Waals surface area (Å²) in [6, 6.07) is 10.8. The average Bonchev–Trinajstić information content (AvgIpc) is 3.27. The summed E-state index contributed by atoms with van der Waals surface area (Å²) in [5.41, 5.74) is 4.16. The smallest absolute Gasteiger partial charge is 0.236 e. The van der Waals surface area contributed by atoms with Crippen molar-refractivity contribution in [2.45, 2.75) is 51.7 Å². The number of rotatable bonds is 6. The molecule has 1 amide bonds. The van der Waals surface area contributed by atoms with Crippen LogP contribution in [0, 0.1) is 19.7 Å². The monoisotopic (exact) mass is 458 g/mol. The highest BCUT2D eigenvalue weighted by Gasteiger charge is 2.34. The Morgan fingerprint density at radius 3 is 2.62 bits per heavy atom. The lowest BCUT2D eigenvalue weighted by atomic mass is 9.85. The number of benzene rings is 2. The van der Waals surface area contributed by atoms with Gasteiger partial charge in [0, 0.05) is 24.0 Å². The van der Waals surface area contributed by atoms with Crippen LogP contribution >= 0.6 is 11.6 Å². The molecule has 2 aromatic rings. The molecule has 0 spiro atoms. The lowest BCUT2D eigenvalue weighted by Crippen LogP contribution is -2.48. The summed E-state index contributed by atoms with van der Waals surface area (Å²) >= 11 is 6.18. The van der Waals surface area contributed by atoms with E-state index in [2.05, 4.69) is 11.8 Å². The van der Waals surface area contributed by atoms with Crippen LogP contribution in [0.15, 0.2) is 36.4 Å². The Labute approximate surface area is 195 Å². The Balaban J connectivity index is 1.51. The second-order valence-corrected chi connectivity index (χ2v) is 9.58. The highest BCUT2D eigenvalue weighted by atomic mass is 35.5. The lowest BCUT2D eigenvalue weighted by molar-refractivity contribution is -0.135. The molecule has 0 aromatic heterocycles. The van der Waals surface area contributed by atoms with Gasteiger partial charge in [0.1, 0.15) is 5.82 Å². The predicted octanol–water partition coefficient (Wildman–Crippen LogP) is 5.09. The van der Waals surface area contributed by atoms with Gasteiger partial charge in [0.15, 0.2) is 0 Å². The first-order chi connectivity index (χ1) is 15.4. The highest BCUT2D eigenvalue weighted by Crippen LogP contribution is 2.33. The minimum absolute atomic E-state index is 0.00590. The van der Waals surface area contributed by atoms with Crippen LogP contribution in [0.25, 0.3) is 0 Å². The summed E-state index contributed by atoms with van der Waals surface area (Å²) in [6.45, 7) is 8.23. The third kappa shape index (κ3) is 5.51. The van der Waals surface area contributed by atoms with Gasteiger partial charge in [0.05, 0.1) is 19.3 Å². The van der Waals surface area contributed by atoms with Gasteiger partial charge in [0.2, 0.25) is 5.91 Å². The Morgan fingerprint density at radius 1 is 1.09 bits per heavy atom. The second kappa shape index (κ2) is 10.3. The van der Waals surface area contributed by atoms with E-state index in [-0.39, 0.29) is 23.7 Å². The molecule has 0 saturated carbocycles. The summed E-state index contributed by atoms with van der Waals surface area (Å²) in [4.78, 5) is 17.2. The van der Waals surface area contributed by atoms with E-state index >= 15 is 0 Å². The Hall–Kier alpha value is -1.95. The van der Waals surface area contributed by atoms with Crippen molar-refractivity contribution in [2.75, 3.05) is 32.7 Å². The van der Waals surface area contributed by atoms with Crippen LogP contribution in [0.4, 0.5) is 4.39 Å². The molecule has 2 saturated heterocycles. The van der Waals surface area contributed by atoms with E-state index in [0.29, 0.717) is 31.3 Å². The molecule has 6 heteroatoms. The van der Waals surface area contributed by atoms with E-state index in [9.17, 15) is 9.18 Å². The summed E-state index contributed by atoms with van der Waals surface area (Å²) < 4.78 is 20.2. The maximum absolute atomic E-state index is 13.8. The zero-order valence-corrected chi connectivity index (χ0v) is 19.7. The molecule has 4 rings (SSSR count). The van der Waals surface area contributed by atoms with Gasteiger partial charge in [-0.3, -0.25) is 9.69 Å². The van der Waals surface area contributed by atoms with Crippen molar-refractivity contribution in [3.05, 3.63) is 69.5 Å². The summed E-state index contributed by atoms with van der Waals surface area (Å²) in [7, 11) is 0. The van der Waals surface area contributed by atoms with Gasteiger partial charge in [-0.2, -0.15) is 0 Å². The average molecular weight is 459 g/mol. The Morgan fingerprint density at radius 2 is 1.88 bits per heavy atom. The number of piperidine rings is 1. The lowest BCUT2D eigenvalue weighted by Gasteiger charge is -2.40. The molecule has 32 heavy (non-hydrogen) atoms. The van der Waals surface area contributed by atoms with Crippen molar-refractivity contribution < 1.29 is 13.9 Å². The van der Waals surface area contributed by atoms with Gasteiger partial charge in [-0.1, -0.05) is 23.7 Å². The van der Waals surface area contributed by atoms with Crippen LogP contribution in [0.3, 0.4) is 0 Å². The molecule has 2 aliphatic rings. The Bertz CT molecular complexity index is 961. The Kier molecular flexibility index (Phi) is 7.49. The number of carbonyl (C=O) groups is 1. The van der Waals surface area contributed by atoms with E-state index < -0.39 is 0 Å². The molecule has 0 bridgehead atoms. The number of likely N-dealkylation sites (tertiary alicyclic amines) is 2. The zero-order valence-electron chi connectivity index (χ0n) is 18.9. The number of aryl methyl sites for hydroxylation is 2. The van der Waals surface area contributed by atoms with Gasteiger partial charge in [-0.25, -0.2) is 4.39 Å². The highest BCUT2D eigenvalue weighted by molar-refractivity contribution is 6.30. The molecule has 0 aliphatic carbocycles. The molecular weight excluding hydrogens is 427 g/mol. The molecule has 0 N–H and O–H groups in total. The van der Waals surface area contributed by atoms with Crippen LogP contribution in [0.2, 0.25) is 5.02 Å². The molecular formula is C26H32ClFN2O2. The molecule has 2 unspecified atom stereocenters. The van der Waals surface area contributed by atoms with E-state index in [1.54, 1.807) is 6.07 Å². The van der Waals surface area contributed by atoms with E-state index in [4.69, 9.17) is 16.3 Å². The molecule has 2 atom stereocenters. The number of hydrogen-bond acceptors (Lipinski definition) is 3. The first-order valence-corrected chi connectivity index (χ1v) is 11.9. The van der Waals surface area contributed by atoms with Crippen molar-refractivity contribution in [3.63, 3.8) is 0 Å². The molecule has 2 aliphatic heterocycles. The SMILES string of the molecule is Cc1ccc(Cl)cc1COC1CCN(C(=O)CN2CCCC2)CC1c1ccc(F)cc1C. The number of ether oxygens (including phenoxy) is 1. The van der Waals surface area contributed by atoms with Gasteiger partial charge in [-0.05, 0) is 92.7 Å². The number of hydrogen-bond donors (Lipinski definition) is 0. The second-order valence-electron chi connectivity index (χ2n) is 9.14. The third-order valence-corrected chi connectivity index (χ3v) is 7.09. The fourth-order valence-corrected chi connectivity index (χ4v) is 5.13. The van der Waals surface area contributed by atoms with Crippen LogP contribution in [-0.2, 0) is 16.1 Å². The first kappa shape index (κ1) is 23.2. The van der Waals surface area contributed by atoms with Crippen molar-refractivity contribution in [1.82, 2.24) is 9.80 Å². The minimum Gasteiger partial charge on any atom is -0.373 e. The zero-order chi connectivity index (χ0) is 22.7. The van der Waals surface area contributed by atoms with Crippen LogP contribution in [0.5, 0.6) is 0 Å². The first-order valence-electron chi connectivity index (χ1n) is 11.5. The molecule has 2 fully saturated rings. The van der Waals surface area contributed by atoms with Crippen LogP contribution < -0.4 is 0 Å². The molecule has 0 radical (unpaired) electrons. The van der Waals surface area contributed by atoms with Crippen molar-refractivity contribution >= 4 is 17.5 Å². The van der Waals surface area contributed by atoms with E-state index in [0.717, 1.165) is 41.8 Å². The van der Waals surface area contributed by atoms with E-state index in [1.807, 2.05) is 36.1 Å². The summed E-state index contributed by atoms with van der Waals surface area (Å²) in [5, 5.41) is 0.697. The van der Waals surface area contributed by atoms with Crippen molar-refractivity contribution in [1.29, 1.82) is 0 Å². The maximum atomic E-state index is 13.8. The quantitative estimate of drug-likeness (QED) is 0.604. The van der Waals surface area contributed by atoms with Gasteiger partial charge in [-0.15, -0.1) is 0 Å². The number of halogens is 2. The van der Waals surface area contributed by atoms with Crippen LogP contribution in [-0.4, -0.2) is 54.5 Å². The number of carbonyl (C=O) groups excluding carboxylic acids is 1. The summed E-state index contributed by atoms with van der Waals surface area (Å²) in [6.07, 6.45) is 3.05. The standard InChI is InChI=1S/C26H32ClFN2O2/c1-18-5-6-21(27)14-20(18)17-32-25-9-12-30(26(31)16-29-10-3-4-11-29)15-24(25)23-8-7-22(28)13-19(23)2/h5-8,13-14,24-25H,3-4,9-12,15-17H2,1-2H3. The molecule has 2 heterocycles. The van der Waals surface area contributed by atoms with Crippen LogP contribution in [0.1, 0.15) is 47.4 Å². The maximum Gasteiger partial charge on any atom is 0.236 e.